The summed E-state index contributed by atoms with van der Waals surface area (Å²) in [6.07, 6.45) is -3.02. The third kappa shape index (κ3) is 4.59. The average molecular weight is 387 g/mol. The molecule has 0 fully saturated rings. The Balaban J connectivity index is 1.84. The van der Waals surface area contributed by atoms with Crippen LogP contribution in [0.5, 0.6) is 5.75 Å². The highest BCUT2D eigenvalue weighted by Gasteiger charge is 2.30. The van der Waals surface area contributed by atoms with Crippen molar-refractivity contribution >= 4 is 23.1 Å². The van der Waals surface area contributed by atoms with Gasteiger partial charge in [0.15, 0.2) is 0 Å². The first-order valence-electron chi connectivity index (χ1n) is 8.21. The average Bonchev–Trinajstić information content (AvgIpc) is 2.68. The molecule has 144 valence electrons. The number of ether oxygens (including phenoxy) is 1. The van der Waals surface area contributed by atoms with Gasteiger partial charge in [-0.25, -0.2) is 4.98 Å². The summed E-state index contributed by atoms with van der Waals surface area (Å²) in [5.41, 5.74) is 0.0701. The molecule has 3 aromatic rings. The molecule has 1 amide bonds. The van der Waals surface area contributed by atoms with Crippen molar-refractivity contribution in [1.82, 2.24) is 4.98 Å². The van der Waals surface area contributed by atoms with Crippen LogP contribution in [-0.4, -0.2) is 18.0 Å². The molecule has 0 radical (unpaired) electrons. The van der Waals surface area contributed by atoms with E-state index in [4.69, 9.17) is 4.74 Å². The van der Waals surface area contributed by atoms with Gasteiger partial charge in [-0.3, -0.25) is 4.79 Å². The fraction of sp³-hybridized carbons (Fsp3) is 0.100. The van der Waals surface area contributed by atoms with Gasteiger partial charge in [-0.05, 0) is 42.5 Å². The predicted molar refractivity (Wildman–Crippen MR) is 99.9 cm³/mol. The number of benzene rings is 2. The Morgan fingerprint density at radius 1 is 1.00 bits per heavy atom. The molecule has 0 atom stereocenters. The lowest BCUT2D eigenvalue weighted by Crippen LogP contribution is -2.15. The van der Waals surface area contributed by atoms with E-state index in [1.54, 1.807) is 30.3 Å². The van der Waals surface area contributed by atoms with Crippen LogP contribution >= 0.6 is 0 Å². The molecule has 0 aliphatic rings. The first-order chi connectivity index (χ1) is 13.4. The maximum atomic E-state index is 12.9. The van der Waals surface area contributed by atoms with Gasteiger partial charge in [-0.15, -0.1) is 0 Å². The molecule has 2 N–H and O–H groups in total. The molecule has 0 aliphatic carbocycles. The van der Waals surface area contributed by atoms with E-state index >= 15 is 0 Å². The van der Waals surface area contributed by atoms with Crippen LogP contribution in [0, 0.1) is 0 Å². The SMILES string of the molecule is COc1cccc(NC(=O)c2cccnc2Nc2cccc(C(F)(F)F)c2)c1. The number of hydrogen-bond donors (Lipinski definition) is 2. The summed E-state index contributed by atoms with van der Waals surface area (Å²) in [6.45, 7) is 0. The number of halogens is 3. The summed E-state index contributed by atoms with van der Waals surface area (Å²) in [7, 11) is 1.51. The number of anilines is 3. The monoisotopic (exact) mass is 387 g/mol. The quantitative estimate of drug-likeness (QED) is 0.639. The third-order valence-corrected chi connectivity index (χ3v) is 3.83. The van der Waals surface area contributed by atoms with Gasteiger partial charge in [-0.1, -0.05) is 12.1 Å². The number of nitrogens with zero attached hydrogens (tertiary/aromatic N) is 1. The number of amides is 1. The largest absolute Gasteiger partial charge is 0.497 e. The summed E-state index contributed by atoms with van der Waals surface area (Å²) in [6, 6.07) is 14.6. The maximum Gasteiger partial charge on any atom is 0.416 e. The van der Waals surface area contributed by atoms with Crippen LogP contribution in [-0.2, 0) is 6.18 Å². The second kappa shape index (κ2) is 7.99. The fourth-order valence-corrected chi connectivity index (χ4v) is 2.50. The van der Waals surface area contributed by atoms with Gasteiger partial charge in [-0.2, -0.15) is 13.2 Å². The molecule has 0 spiro atoms. The number of alkyl halides is 3. The number of rotatable bonds is 5. The van der Waals surface area contributed by atoms with Gasteiger partial charge >= 0.3 is 6.18 Å². The molecule has 0 saturated heterocycles. The lowest BCUT2D eigenvalue weighted by molar-refractivity contribution is -0.137. The molecule has 0 unspecified atom stereocenters. The van der Waals surface area contributed by atoms with Crippen LogP contribution in [0.4, 0.5) is 30.4 Å². The van der Waals surface area contributed by atoms with Gasteiger partial charge in [0.1, 0.15) is 11.6 Å². The normalized spacial score (nSPS) is 11.0. The summed E-state index contributed by atoms with van der Waals surface area (Å²) in [5, 5.41) is 5.49. The van der Waals surface area contributed by atoms with Crippen molar-refractivity contribution in [1.29, 1.82) is 0 Å². The second-order valence-corrected chi connectivity index (χ2v) is 5.79. The zero-order chi connectivity index (χ0) is 20.1. The fourth-order valence-electron chi connectivity index (χ4n) is 2.50. The number of aromatic nitrogens is 1. The van der Waals surface area contributed by atoms with Gasteiger partial charge < -0.3 is 15.4 Å². The van der Waals surface area contributed by atoms with Crippen LogP contribution < -0.4 is 15.4 Å². The molecule has 28 heavy (non-hydrogen) atoms. The molecule has 0 saturated carbocycles. The van der Waals surface area contributed by atoms with Crippen molar-refractivity contribution in [2.45, 2.75) is 6.18 Å². The Morgan fingerprint density at radius 3 is 2.50 bits per heavy atom. The topological polar surface area (TPSA) is 63.2 Å². The number of nitrogens with one attached hydrogen (secondary N) is 2. The number of carbonyl (C=O) groups is 1. The molecule has 0 bridgehead atoms. The molecule has 0 aliphatic heterocycles. The van der Waals surface area contributed by atoms with Gasteiger partial charge in [0, 0.05) is 23.6 Å². The highest BCUT2D eigenvalue weighted by molar-refractivity contribution is 6.07. The zero-order valence-electron chi connectivity index (χ0n) is 14.7. The third-order valence-electron chi connectivity index (χ3n) is 3.83. The van der Waals surface area contributed by atoms with Crippen molar-refractivity contribution in [2.24, 2.45) is 0 Å². The summed E-state index contributed by atoms with van der Waals surface area (Å²) in [5.74, 6) is 0.254. The molecule has 8 heteroatoms. The summed E-state index contributed by atoms with van der Waals surface area (Å²) < 4.78 is 43.8. The van der Waals surface area contributed by atoms with Crippen molar-refractivity contribution < 1.29 is 22.7 Å². The maximum absolute atomic E-state index is 12.9. The molecule has 1 aromatic heterocycles. The Morgan fingerprint density at radius 2 is 1.75 bits per heavy atom. The predicted octanol–water partition coefficient (Wildman–Crippen LogP) is 5.10. The minimum Gasteiger partial charge on any atom is -0.497 e. The van der Waals surface area contributed by atoms with Crippen LogP contribution in [0.1, 0.15) is 15.9 Å². The van der Waals surface area contributed by atoms with E-state index < -0.39 is 17.6 Å². The van der Waals surface area contributed by atoms with Crippen molar-refractivity contribution in [2.75, 3.05) is 17.7 Å². The Hall–Kier alpha value is -3.55. The number of pyridine rings is 1. The van der Waals surface area contributed by atoms with E-state index in [2.05, 4.69) is 15.6 Å². The second-order valence-electron chi connectivity index (χ2n) is 5.79. The Kier molecular flexibility index (Phi) is 5.49. The van der Waals surface area contributed by atoms with E-state index in [0.717, 1.165) is 12.1 Å². The van der Waals surface area contributed by atoms with E-state index in [9.17, 15) is 18.0 Å². The number of carbonyl (C=O) groups excluding carboxylic acids is 1. The minimum absolute atomic E-state index is 0.141. The van der Waals surface area contributed by atoms with Gasteiger partial charge in [0.25, 0.3) is 5.91 Å². The molecule has 2 aromatic carbocycles. The van der Waals surface area contributed by atoms with Crippen molar-refractivity contribution in [3.05, 3.63) is 78.0 Å². The van der Waals surface area contributed by atoms with E-state index in [1.807, 2.05) is 0 Å². The molecule has 5 nitrogen and oxygen atoms in total. The Bertz CT molecular complexity index is 990. The lowest BCUT2D eigenvalue weighted by Gasteiger charge is -2.13. The van der Waals surface area contributed by atoms with E-state index in [1.165, 1.54) is 31.5 Å². The number of methoxy groups -OCH3 is 1. The molecular formula is C20H16F3N3O2. The minimum atomic E-state index is -4.46. The first kappa shape index (κ1) is 19.2. The highest BCUT2D eigenvalue weighted by atomic mass is 19.4. The molecule has 1 heterocycles. The van der Waals surface area contributed by atoms with Crippen molar-refractivity contribution in [3.8, 4) is 5.75 Å². The standard InChI is InChI=1S/C20H16F3N3O2/c1-28-16-8-3-7-15(12-16)26-19(27)17-9-4-10-24-18(17)25-14-6-2-5-13(11-14)20(21,22)23/h2-12H,1H3,(H,24,25)(H,26,27). The van der Waals surface area contributed by atoms with E-state index in [-0.39, 0.29) is 17.1 Å². The van der Waals surface area contributed by atoms with Crippen LogP contribution in [0.25, 0.3) is 0 Å². The van der Waals surface area contributed by atoms with Gasteiger partial charge in [0.05, 0.1) is 18.2 Å². The first-order valence-corrected chi connectivity index (χ1v) is 8.21. The zero-order valence-corrected chi connectivity index (χ0v) is 14.7. The number of hydrogen-bond acceptors (Lipinski definition) is 4. The molecular weight excluding hydrogens is 371 g/mol. The highest BCUT2D eigenvalue weighted by Crippen LogP contribution is 2.31. The van der Waals surface area contributed by atoms with Crippen LogP contribution in [0.15, 0.2) is 66.9 Å². The van der Waals surface area contributed by atoms with E-state index in [0.29, 0.717) is 11.4 Å². The van der Waals surface area contributed by atoms with Crippen molar-refractivity contribution in [3.63, 3.8) is 0 Å². The summed E-state index contributed by atoms with van der Waals surface area (Å²) in [4.78, 5) is 16.7. The summed E-state index contributed by atoms with van der Waals surface area (Å²) >= 11 is 0. The lowest BCUT2D eigenvalue weighted by atomic mass is 10.1. The van der Waals surface area contributed by atoms with Crippen LogP contribution in [0.2, 0.25) is 0 Å². The van der Waals surface area contributed by atoms with Gasteiger partial charge in [0.2, 0.25) is 0 Å². The Labute approximate surface area is 159 Å². The van der Waals surface area contributed by atoms with Crippen LogP contribution in [0.3, 0.4) is 0 Å². The smallest absolute Gasteiger partial charge is 0.416 e. The molecule has 3 rings (SSSR count).